The molecule has 0 aliphatic carbocycles. The molecule has 4 aromatic carbocycles. The number of benzene rings is 4. The standard InChI is InChI=1S/C31H26ClF3/c1-2-3-4-5-6-7-21-8-10-22(11-9-21)12-13-23-14-16-26-24(18-23)15-17-27(31(26)35)25-19-28(33)30(32)29(34)20-25/h8-11,14-20H,2-7H2,1H3. The molecular formula is C31H26ClF3. The van der Waals surface area contributed by atoms with Crippen molar-refractivity contribution in [2.24, 2.45) is 0 Å². The number of fused-ring (bicyclic) bond motifs is 1. The topological polar surface area (TPSA) is 0 Å². The summed E-state index contributed by atoms with van der Waals surface area (Å²) in [5, 5.41) is 0.411. The third kappa shape index (κ3) is 6.08. The summed E-state index contributed by atoms with van der Waals surface area (Å²) < 4.78 is 42.9. The molecule has 35 heavy (non-hydrogen) atoms. The van der Waals surface area contributed by atoms with Crippen molar-refractivity contribution in [3.63, 3.8) is 0 Å². The van der Waals surface area contributed by atoms with Crippen LogP contribution in [-0.2, 0) is 6.42 Å². The van der Waals surface area contributed by atoms with Gasteiger partial charge in [0.1, 0.15) is 22.5 Å². The Balaban J connectivity index is 1.50. The Morgan fingerprint density at radius 2 is 1.37 bits per heavy atom. The van der Waals surface area contributed by atoms with Gasteiger partial charge >= 0.3 is 0 Å². The highest BCUT2D eigenvalue weighted by Gasteiger charge is 2.14. The molecule has 178 valence electrons. The van der Waals surface area contributed by atoms with Crippen LogP contribution >= 0.6 is 11.6 Å². The second-order valence-electron chi connectivity index (χ2n) is 8.73. The van der Waals surface area contributed by atoms with Crippen LogP contribution in [0.2, 0.25) is 5.02 Å². The molecule has 0 spiro atoms. The smallest absolute Gasteiger partial charge is 0.145 e. The van der Waals surface area contributed by atoms with Crippen LogP contribution in [0.5, 0.6) is 0 Å². The Hall–Kier alpha value is -3.22. The van der Waals surface area contributed by atoms with Gasteiger partial charge in [-0.2, -0.15) is 0 Å². The Kier molecular flexibility index (Phi) is 8.16. The maximum absolute atomic E-state index is 15.2. The normalized spacial score (nSPS) is 10.9. The van der Waals surface area contributed by atoms with Gasteiger partial charge in [-0.3, -0.25) is 0 Å². The molecule has 4 heteroatoms. The van der Waals surface area contributed by atoms with Gasteiger partial charge in [0.15, 0.2) is 0 Å². The van der Waals surface area contributed by atoms with Crippen molar-refractivity contribution in [3.8, 4) is 23.0 Å². The molecule has 0 fully saturated rings. The van der Waals surface area contributed by atoms with E-state index in [0.29, 0.717) is 10.8 Å². The van der Waals surface area contributed by atoms with Crippen LogP contribution in [-0.4, -0.2) is 0 Å². The van der Waals surface area contributed by atoms with Gasteiger partial charge in [-0.25, -0.2) is 13.2 Å². The van der Waals surface area contributed by atoms with E-state index in [0.717, 1.165) is 29.7 Å². The minimum Gasteiger partial charge on any atom is -0.206 e. The second kappa shape index (κ2) is 11.5. The Morgan fingerprint density at radius 1 is 0.714 bits per heavy atom. The van der Waals surface area contributed by atoms with E-state index in [-0.39, 0.29) is 11.1 Å². The molecule has 0 radical (unpaired) electrons. The van der Waals surface area contributed by atoms with E-state index in [1.807, 2.05) is 18.2 Å². The summed E-state index contributed by atoms with van der Waals surface area (Å²) in [5.41, 5.74) is 3.21. The summed E-state index contributed by atoms with van der Waals surface area (Å²) in [7, 11) is 0. The number of halogens is 4. The zero-order valence-corrected chi connectivity index (χ0v) is 20.4. The highest BCUT2D eigenvalue weighted by Crippen LogP contribution is 2.32. The quantitative estimate of drug-likeness (QED) is 0.137. The summed E-state index contributed by atoms with van der Waals surface area (Å²) in [4.78, 5) is 0. The molecule has 0 atom stereocenters. The van der Waals surface area contributed by atoms with Crippen LogP contribution in [0.15, 0.2) is 66.7 Å². The van der Waals surface area contributed by atoms with Crippen molar-refractivity contribution in [1.82, 2.24) is 0 Å². The molecule has 0 unspecified atom stereocenters. The molecule has 0 saturated heterocycles. The highest BCUT2D eigenvalue weighted by molar-refractivity contribution is 6.31. The van der Waals surface area contributed by atoms with Crippen molar-refractivity contribution < 1.29 is 13.2 Å². The molecule has 0 aliphatic heterocycles. The molecule has 0 bridgehead atoms. The minimum absolute atomic E-state index is 0.0945. The molecule has 4 aromatic rings. The molecule has 0 N–H and O–H groups in total. The van der Waals surface area contributed by atoms with E-state index < -0.39 is 22.5 Å². The van der Waals surface area contributed by atoms with Gasteiger partial charge in [0.25, 0.3) is 0 Å². The number of hydrogen-bond acceptors (Lipinski definition) is 0. The van der Waals surface area contributed by atoms with Crippen molar-refractivity contribution in [2.45, 2.75) is 45.4 Å². The lowest BCUT2D eigenvalue weighted by Gasteiger charge is -2.09. The maximum atomic E-state index is 15.2. The van der Waals surface area contributed by atoms with Crippen molar-refractivity contribution in [1.29, 1.82) is 0 Å². The van der Waals surface area contributed by atoms with Gasteiger partial charge in [0.05, 0.1) is 0 Å². The van der Waals surface area contributed by atoms with Crippen LogP contribution in [0.4, 0.5) is 13.2 Å². The molecule has 0 heterocycles. The average molecular weight is 491 g/mol. The van der Waals surface area contributed by atoms with Gasteiger partial charge in [-0.1, -0.05) is 86.4 Å². The highest BCUT2D eigenvalue weighted by atomic mass is 35.5. The molecule has 0 aliphatic rings. The monoisotopic (exact) mass is 490 g/mol. The van der Waals surface area contributed by atoms with E-state index in [9.17, 15) is 8.78 Å². The summed E-state index contributed by atoms with van der Waals surface area (Å²) in [6.07, 6.45) is 7.43. The van der Waals surface area contributed by atoms with Crippen LogP contribution in [0.25, 0.3) is 21.9 Å². The summed E-state index contributed by atoms with van der Waals surface area (Å²) >= 11 is 5.55. The van der Waals surface area contributed by atoms with E-state index in [1.54, 1.807) is 18.2 Å². The van der Waals surface area contributed by atoms with Crippen LogP contribution in [0.1, 0.15) is 55.7 Å². The Labute approximate surface area is 209 Å². The third-order valence-corrected chi connectivity index (χ3v) is 6.48. The number of hydrogen-bond donors (Lipinski definition) is 0. The first-order chi connectivity index (χ1) is 17.0. The third-order valence-electron chi connectivity index (χ3n) is 6.12. The van der Waals surface area contributed by atoms with Gasteiger partial charge in [-0.05, 0) is 65.8 Å². The van der Waals surface area contributed by atoms with Crippen LogP contribution in [0, 0.1) is 29.3 Å². The lowest BCUT2D eigenvalue weighted by molar-refractivity contribution is 0.584. The summed E-state index contributed by atoms with van der Waals surface area (Å²) in [6.45, 7) is 2.22. The first-order valence-electron chi connectivity index (χ1n) is 11.9. The van der Waals surface area contributed by atoms with E-state index >= 15 is 4.39 Å². The molecule has 0 amide bonds. The minimum atomic E-state index is -0.924. The Morgan fingerprint density at radius 3 is 2.09 bits per heavy atom. The van der Waals surface area contributed by atoms with Gasteiger partial charge in [0, 0.05) is 22.1 Å². The van der Waals surface area contributed by atoms with Gasteiger partial charge in [-0.15, -0.1) is 0 Å². The largest absolute Gasteiger partial charge is 0.206 e. The van der Waals surface area contributed by atoms with E-state index in [2.05, 4.69) is 30.9 Å². The number of rotatable bonds is 7. The second-order valence-corrected chi connectivity index (χ2v) is 9.11. The van der Waals surface area contributed by atoms with E-state index in [1.165, 1.54) is 43.7 Å². The molecule has 4 rings (SSSR count). The fourth-order valence-corrected chi connectivity index (χ4v) is 4.24. The van der Waals surface area contributed by atoms with Gasteiger partial charge < -0.3 is 0 Å². The first kappa shape index (κ1) is 24.9. The van der Waals surface area contributed by atoms with Gasteiger partial charge in [0.2, 0.25) is 0 Å². The summed E-state index contributed by atoms with van der Waals surface area (Å²) in [5.74, 6) is 3.91. The first-order valence-corrected chi connectivity index (χ1v) is 12.3. The zero-order valence-electron chi connectivity index (χ0n) is 19.6. The van der Waals surface area contributed by atoms with Crippen molar-refractivity contribution in [3.05, 3.63) is 106 Å². The molecule has 0 saturated carbocycles. The molecule has 0 aromatic heterocycles. The van der Waals surface area contributed by atoms with E-state index in [4.69, 9.17) is 11.6 Å². The predicted molar refractivity (Wildman–Crippen MR) is 139 cm³/mol. The van der Waals surface area contributed by atoms with Crippen molar-refractivity contribution in [2.75, 3.05) is 0 Å². The summed E-state index contributed by atoms with van der Waals surface area (Å²) in [6, 6.07) is 18.8. The Bertz CT molecular complexity index is 1370. The van der Waals surface area contributed by atoms with Crippen LogP contribution in [0.3, 0.4) is 0 Å². The lowest BCUT2D eigenvalue weighted by Crippen LogP contribution is -1.91. The van der Waals surface area contributed by atoms with Crippen LogP contribution < -0.4 is 0 Å². The molecule has 0 nitrogen and oxygen atoms in total. The predicted octanol–water partition coefficient (Wildman–Crippen LogP) is 9.49. The van der Waals surface area contributed by atoms with Crippen molar-refractivity contribution >= 4 is 22.4 Å². The number of aryl methyl sites for hydroxylation is 1. The SMILES string of the molecule is CCCCCCCc1ccc(C#Cc2ccc3c(F)c(-c4cc(F)c(Cl)c(F)c4)ccc3c2)cc1. The fraction of sp³-hybridized carbons (Fsp3) is 0.226. The average Bonchev–Trinajstić information content (AvgIpc) is 2.86. The fourth-order valence-electron chi connectivity index (χ4n) is 4.14. The number of unbranched alkanes of at least 4 members (excludes halogenated alkanes) is 4. The maximum Gasteiger partial charge on any atom is 0.145 e. The zero-order chi connectivity index (χ0) is 24.8. The molecular weight excluding hydrogens is 465 g/mol. The lowest BCUT2D eigenvalue weighted by atomic mass is 9.98.